The second-order valence-corrected chi connectivity index (χ2v) is 27.8. The number of hydrogen-bond donors (Lipinski definition) is 0. The van der Waals surface area contributed by atoms with Gasteiger partial charge in [-0.2, -0.15) is 0 Å². The summed E-state index contributed by atoms with van der Waals surface area (Å²) in [6.45, 7) is 10.2. The van der Waals surface area contributed by atoms with Crippen molar-refractivity contribution in [1.82, 2.24) is 0 Å². The Morgan fingerprint density at radius 2 is 0.831 bits per heavy atom. The van der Waals surface area contributed by atoms with Gasteiger partial charge in [-0.15, -0.1) is 22.7 Å². The van der Waals surface area contributed by atoms with E-state index in [0.717, 1.165) is 22.9 Å². The number of methoxy groups -OCH3 is 2. The maximum absolute atomic E-state index is 5.68. The molecule has 59 heavy (non-hydrogen) atoms. The maximum Gasteiger partial charge on any atom is 0.119 e. The van der Waals surface area contributed by atoms with Crippen molar-refractivity contribution in [1.29, 1.82) is 0 Å². The molecule has 0 radical (unpaired) electrons. The summed E-state index contributed by atoms with van der Waals surface area (Å²) >= 11 is 3.91. The molecule has 0 fully saturated rings. The van der Waals surface area contributed by atoms with Crippen molar-refractivity contribution in [3.63, 3.8) is 0 Å². The zero-order chi connectivity index (χ0) is 40.3. The molecule has 0 unspecified atom stereocenters. The summed E-state index contributed by atoms with van der Waals surface area (Å²) in [5.74, 6) is 1.67. The van der Waals surface area contributed by atoms with Gasteiger partial charge in [0.25, 0.3) is 0 Å². The lowest BCUT2D eigenvalue weighted by Gasteiger charge is -2.54. The van der Waals surface area contributed by atoms with Crippen LogP contribution in [-0.2, 0) is 10.8 Å². The molecule has 0 N–H and O–H groups in total. The Labute approximate surface area is 357 Å². The Morgan fingerprint density at radius 3 is 1.24 bits per heavy atom. The summed E-state index contributed by atoms with van der Waals surface area (Å²) in [4.78, 5) is 5.28. The van der Waals surface area contributed by atoms with Crippen LogP contribution in [0.15, 0.2) is 163 Å². The molecular weight excluding hydrogens is 791 g/mol. The molecule has 6 aromatic carbocycles. The van der Waals surface area contributed by atoms with Gasteiger partial charge in [-0.05, 0) is 120 Å². The first-order chi connectivity index (χ1) is 28.7. The summed E-state index contributed by atoms with van der Waals surface area (Å²) < 4.78 is 11.4. The standard InChI is InChI=1S/C52H45NO2S2Si2/c1-54-36-27-23-34(24-28-36)53(35-25-29-37(55-2)30-26-35)48-33-43-50(57-48)51(38-15-7-11-19-44(38)58(3,4)45-20-12-8-16-39(45)51)42-31-32-56-49(42)52(43)40-17-9-13-21-46(40)59(5,6)47-22-14-10-18-41(47)52/h7-33H,1-6H3. The van der Waals surface area contributed by atoms with Gasteiger partial charge in [-0.25, -0.2) is 0 Å². The van der Waals surface area contributed by atoms with Crippen molar-refractivity contribution in [3.05, 3.63) is 206 Å². The average Bonchev–Trinajstić information content (AvgIpc) is 3.96. The van der Waals surface area contributed by atoms with Gasteiger partial charge in [0, 0.05) is 21.1 Å². The summed E-state index contributed by atoms with van der Waals surface area (Å²) in [6.07, 6.45) is 0. The van der Waals surface area contributed by atoms with Gasteiger partial charge < -0.3 is 14.4 Å². The molecule has 3 nitrogen and oxygen atoms in total. The van der Waals surface area contributed by atoms with Gasteiger partial charge in [-0.3, -0.25) is 0 Å². The van der Waals surface area contributed by atoms with Gasteiger partial charge in [0.15, 0.2) is 0 Å². The minimum atomic E-state index is -2.11. The topological polar surface area (TPSA) is 21.7 Å². The van der Waals surface area contributed by atoms with Crippen molar-refractivity contribution >= 4 is 75.9 Å². The first kappa shape index (κ1) is 36.6. The summed E-state index contributed by atoms with van der Waals surface area (Å²) in [7, 11) is -0.748. The highest BCUT2D eigenvalue weighted by atomic mass is 32.1. The predicted octanol–water partition coefficient (Wildman–Crippen LogP) is 10.6. The molecule has 4 heterocycles. The fourth-order valence-electron chi connectivity index (χ4n) is 11.1. The second kappa shape index (κ2) is 13.0. The molecule has 11 rings (SSSR count). The Bertz CT molecular complexity index is 2650. The minimum Gasteiger partial charge on any atom is -0.497 e. The van der Waals surface area contributed by atoms with Crippen LogP contribution in [0.4, 0.5) is 16.4 Å². The zero-order valence-corrected chi connectivity index (χ0v) is 37.8. The van der Waals surface area contributed by atoms with Crippen LogP contribution in [0.3, 0.4) is 0 Å². The van der Waals surface area contributed by atoms with E-state index in [-0.39, 0.29) is 0 Å². The van der Waals surface area contributed by atoms with Crippen LogP contribution in [0, 0.1) is 0 Å². The van der Waals surface area contributed by atoms with Crippen LogP contribution in [0.1, 0.15) is 43.1 Å². The molecule has 0 saturated heterocycles. The van der Waals surface area contributed by atoms with Crippen LogP contribution in [0.2, 0.25) is 26.2 Å². The van der Waals surface area contributed by atoms with Crippen molar-refractivity contribution in [2.45, 2.75) is 37.0 Å². The summed E-state index contributed by atoms with van der Waals surface area (Å²) in [5, 5.41) is 9.65. The lowest BCUT2D eigenvalue weighted by Crippen LogP contribution is -2.66. The Balaban J connectivity index is 1.33. The Morgan fingerprint density at radius 1 is 0.441 bits per heavy atom. The third-order valence-corrected chi connectivity index (χ3v) is 23.2. The molecule has 7 heteroatoms. The normalized spacial score (nSPS) is 16.5. The lowest BCUT2D eigenvalue weighted by molar-refractivity contribution is 0.415. The Kier molecular flexibility index (Phi) is 8.08. The van der Waals surface area contributed by atoms with E-state index in [1.54, 1.807) is 14.2 Å². The van der Waals surface area contributed by atoms with E-state index < -0.39 is 27.0 Å². The van der Waals surface area contributed by atoms with E-state index in [4.69, 9.17) is 9.47 Å². The molecule has 8 aromatic rings. The zero-order valence-electron chi connectivity index (χ0n) is 34.2. The summed E-state index contributed by atoms with van der Waals surface area (Å²) in [6, 6.07) is 59.9. The Hall–Kier alpha value is -5.45. The third-order valence-electron chi connectivity index (χ3n) is 13.8. The fourth-order valence-corrected chi connectivity index (χ4v) is 20.2. The SMILES string of the molecule is COc1ccc(N(c2ccc(OC)cc2)c2cc3c(s2)C2(c4ccccc4[Si](C)(C)c4ccccc42)c2ccsc2C32c3ccccc3[Si](C)(C)c3ccccc32)cc1. The molecule has 0 amide bonds. The number of fused-ring (bicyclic) bond motifs is 14. The van der Waals surface area contributed by atoms with Crippen molar-refractivity contribution in [2.24, 2.45) is 0 Å². The first-order valence-corrected chi connectivity index (χ1v) is 28.1. The van der Waals surface area contributed by atoms with E-state index >= 15 is 0 Å². The highest BCUT2D eigenvalue weighted by molar-refractivity contribution is 7.17. The van der Waals surface area contributed by atoms with Gasteiger partial charge in [0.05, 0.1) is 25.0 Å². The number of rotatable bonds is 5. The number of thiophene rings is 2. The highest BCUT2D eigenvalue weighted by Gasteiger charge is 2.62. The first-order valence-electron chi connectivity index (χ1n) is 20.4. The number of hydrogen-bond acceptors (Lipinski definition) is 5. The van der Waals surface area contributed by atoms with Crippen molar-refractivity contribution in [3.8, 4) is 11.5 Å². The smallest absolute Gasteiger partial charge is 0.119 e. The van der Waals surface area contributed by atoms with E-state index in [9.17, 15) is 0 Å². The molecule has 2 aliphatic heterocycles. The molecule has 0 saturated carbocycles. The molecule has 2 aromatic heterocycles. The third kappa shape index (κ3) is 4.73. The number of nitrogens with zero attached hydrogens (tertiary/aromatic N) is 1. The molecule has 290 valence electrons. The van der Waals surface area contributed by atoms with Crippen molar-refractivity contribution in [2.75, 3.05) is 19.1 Å². The fraction of sp³-hybridized carbons (Fsp3) is 0.154. The van der Waals surface area contributed by atoms with Gasteiger partial charge in [0.2, 0.25) is 0 Å². The number of ether oxygens (including phenoxy) is 2. The van der Waals surface area contributed by atoms with Crippen LogP contribution < -0.4 is 35.1 Å². The van der Waals surface area contributed by atoms with E-state index in [1.165, 1.54) is 68.9 Å². The van der Waals surface area contributed by atoms with Crippen LogP contribution in [0.25, 0.3) is 0 Å². The van der Waals surface area contributed by atoms with Crippen LogP contribution in [0.5, 0.6) is 11.5 Å². The van der Waals surface area contributed by atoms with Gasteiger partial charge in [0.1, 0.15) is 32.6 Å². The van der Waals surface area contributed by atoms with Crippen LogP contribution >= 0.6 is 22.7 Å². The van der Waals surface area contributed by atoms with E-state index in [2.05, 4.69) is 194 Å². The molecule has 0 atom stereocenters. The molecule has 0 bridgehead atoms. The largest absolute Gasteiger partial charge is 0.497 e. The monoisotopic (exact) mass is 835 g/mol. The molecule has 1 aliphatic carbocycles. The molecular formula is C52H45NO2S2Si2. The van der Waals surface area contributed by atoms with E-state index in [1.807, 2.05) is 22.7 Å². The number of anilines is 3. The predicted molar refractivity (Wildman–Crippen MR) is 254 cm³/mol. The highest BCUT2D eigenvalue weighted by Crippen LogP contribution is 2.65. The number of benzene rings is 6. The van der Waals surface area contributed by atoms with Gasteiger partial charge >= 0.3 is 0 Å². The van der Waals surface area contributed by atoms with E-state index in [0.29, 0.717) is 0 Å². The van der Waals surface area contributed by atoms with Crippen molar-refractivity contribution < 1.29 is 9.47 Å². The average molecular weight is 836 g/mol. The molecule has 2 spiro atoms. The quantitative estimate of drug-likeness (QED) is 0.161. The summed E-state index contributed by atoms with van der Waals surface area (Å²) in [5.41, 5.74) is 9.65. The lowest BCUT2D eigenvalue weighted by atomic mass is 9.55. The maximum atomic E-state index is 5.68. The van der Waals surface area contributed by atoms with Crippen LogP contribution in [-0.4, -0.2) is 30.4 Å². The minimum absolute atomic E-state index is 0.520. The van der Waals surface area contributed by atoms with Gasteiger partial charge in [-0.1, -0.05) is 123 Å². The molecule has 3 aliphatic rings. The second-order valence-electron chi connectivity index (χ2n) is 17.2.